The molecule has 0 radical (unpaired) electrons. The summed E-state index contributed by atoms with van der Waals surface area (Å²) in [5, 5.41) is 0. The van der Waals surface area contributed by atoms with Crippen LogP contribution in [0.1, 0.15) is 37.9 Å². The second kappa shape index (κ2) is 7.21. The molecule has 0 saturated carbocycles. The number of Topliss-reactive ketones (excluding diaryl/α,β-unsaturated/α-hetero) is 1. The molecule has 2 heterocycles. The van der Waals surface area contributed by atoms with Crippen molar-refractivity contribution < 1.29 is 22.7 Å². The van der Waals surface area contributed by atoms with Gasteiger partial charge in [0.1, 0.15) is 0 Å². The number of rotatable bonds is 6. The molecule has 2 rings (SSSR count). The molecule has 3 nitrogen and oxygen atoms in total. The molecule has 0 N–H and O–H groups in total. The minimum absolute atomic E-state index is 0.0314. The van der Waals surface area contributed by atoms with E-state index in [9.17, 15) is 18.0 Å². The van der Waals surface area contributed by atoms with E-state index in [0.717, 1.165) is 37.5 Å². The Labute approximate surface area is 138 Å². The molecule has 1 aromatic rings. The molecular weight excluding hydrogens is 327 g/mol. The van der Waals surface area contributed by atoms with Gasteiger partial charge in [-0.1, -0.05) is 0 Å². The highest BCUT2D eigenvalue weighted by atomic mass is 32.2. The van der Waals surface area contributed by atoms with E-state index in [-0.39, 0.29) is 18.3 Å². The fourth-order valence-electron chi connectivity index (χ4n) is 2.23. The number of hydrogen-bond donors (Lipinski definition) is 0. The third kappa shape index (κ3) is 5.21. The van der Waals surface area contributed by atoms with Crippen LogP contribution < -0.4 is 0 Å². The number of ketones is 1. The van der Waals surface area contributed by atoms with E-state index in [0.29, 0.717) is 5.69 Å². The van der Waals surface area contributed by atoms with Crippen molar-refractivity contribution >= 4 is 17.5 Å². The van der Waals surface area contributed by atoms with Gasteiger partial charge in [-0.15, -0.1) is 11.8 Å². The van der Waals surface area contributed by atoms with Gasteiger partial charge in [0.25, 0.3) is 0 Å². The van der Waals surface area contributed by atoms with E-state index in [2.05, 4.69) is 4.98 Å². The number of aromatic nitrogens is 1. The van der Waals surface area contributed by atoms with Crippen molar-refractivity contribution in [3.05, 3.63) is 29.6 Å². The van der Waals surface area contributed by atoms with Crippen LogP contribution in [0.15, 0.2) is 18.3 Å². The van der Waals surface area contributed by atoms with E-state index >= 15 is 0 Å². The lowest BCUT2D eigenvalue weighted by molar-refractivity contribution is -0.137. The van der Waals surface area contributed by atoms with Gasteiger partial charge >= 0.3 is 6.18 Å². The predicted octanol–water partition coefficient (Wildman–Crippen LogP) is 3.90. The lowest BCUT2D eigenvalue weighted by Gasteiger charge is -2.24. The van der Waals surface area contributed by atoms with Gasteiger partial charge in [0.2, 0.25) is 0 Å². The van der Waals surface area contributed by atoms with E-state index in [1.54, 1.807) is 0 Å². The van der Waals surface area contributed by atoms with Crippen molar-refractivity contribution in [1.29, 1.82) is 0 Å². The van der Waals surface area contributed by atoms with E-state index < -0.39 is 16.5 Å². The maximum absolute atomic E-state index is 12.5. The fourth-order valence-corrected chi connectivity index (χ4v) is 3.33. The second-order valence-corrected chi connectivity index (χ2v) is 7.73. The molecule has 23 heavy (non-hydrogen) atoms. The molecule has 1 aliphatic heterocycles. The first-order valence-corrected chi connectivity index (χ1v) is 8.48. The molecule has 0 bridgehead atoms. The largest absolute Gasteiger partial charge is 0.417 e. The van der Waals surface area contributed by atoms with Gasteiger partial charge in [-0.05, 0) is 38.8 Å². The molecule has 1 aliphatic rings. The Morgan fingerprint density at radius 3 is 2.65 bits per heavy atom. The number of nitrogens with zero attached hydrogens (tertiary/aromatic N) is 1. The highest BCUT2D eigenvalue weighted by molar-refractivity contribution is 8.01. The topological polar surface area (TPSA) is 39.2 Å². The standard InChI is InChI=1S/C16H20F3NO2S/c1-15(2,23-10-13-4-3-7-22-13)14(21)8-12-6-5-11(9-20-12)16(17,18)19/h5-6,9,13H,3-4,7-8,10H2,1-2H3. The number of hydrogen-bond acceptors (Lipinski definition) is 4. The molecule has 1 unspecified atom stereocenters. The zero-order valence-corrected chi connectivity index (χ0v) is 14.0. The molecule has 1 saturated heterocycles. The number of carbonyl (C=O) groups is 1. The minimum atomic E-state index is -4.41. The Hall–Kier alpha value is -1.08. The minimum Gasteiger partial charge on any atom is -0.377 e. The van der Waals surface area contributed by atoms with Crippen LogP contribution in [0.25, 0.3) is 0 Å². The first kappa shape index (κ1) is 18.3. The highest BCUT2D eigenvalue weighted by Crippen LogP contribution is 2.31. The third-order valence-electron chi connectivity index (χ3n) is 3.82. The van der Waals surface area contributed by atoms with Crippen LogP contribution in [0.4, 0.5) is 13.2 Å². The lowest BCUT2D eigenvalue weighted by atomic mass is 10.0. The maximum Gasteiger partial charge on any atom is 0.417 e. The monoisotopic (exact) mass is 347 g/mol. The van der Waals surface area contributed by atoms with E-state index in [1.165, 1.54) is 17.8 Å². The van der Waals surface area contributed by atoms with Crippen LogP contribution in [0, 0.1) is 0 Å². The fraction of sp³-hybridized carbons (Fsp3) is 0.625. The third-order valence-corrected chi connectivity index (χ3v) is 5.31. The van der Waals surface area contributed by atoms with Gasteiger partial charge < -0.3 is 4.74 Å². The van der Waals surface area contributed by atoms with Gasteiger partial charge in [-0.25, -0.2) is 0 Å². The van der Waals surface area contributed by atoms with E-state index in [1.807, 2.05) is 13.8 Å². The van der Waals surface area contributed by atoms with Crippen LogP contribution in [0.3, 0.4) is 0 Å². The quantitative estimate of drug-likeness (QED) is 0.782. The highest BCUT2D eigenvalue weighted by Gasteiger charge is 2.32. The van der Waals surface area contributed by atoms with E-state index in [4.69, 9.17) is 4.74 Å². The summed E-state index contributed by atoms with van der Waals surface area (Å²) in [5.41, 5.74) is -0.450. The van der Waals surface area contributed by atoms with Gasteiger partial charge in [0.15, 0.2) is 5.78 Å². The average Bonchev–Trinajstić information content (AvgIpc) is 2.98. The average molecular weight is 347 g/mol. The van der Waals surface area contributed by atoms with Gasteiger partial charge in [-0.2, -0.15) is 13.2 Å². The Balaban J connectivity index is 1.91. The normalized spacial score (nSPS) is 19.1. The summed E-state index contributed by atoms with van der Waals surface area (Å²) in [6, 6.07) is 2.23. The van der Waals surface area contributed by atoms with Gasteiger partial charge in [0.05, 0.1) is 22.8 Å². The first-order valence-electron chi connectivity index (χ1n) is 7.49. The maximum atomic E-state index is 12.5. The summed E-state index contributed by atoms with van der Waals surface area (Å²) in [6.07, 6.45) is -1.35. The number of thioether (sulfide) groups is 1. The molecule has 1 atom stereocenters. The van der Waals surface area contributed by atoms with Crippen molar-refractivity contribution in [3.63, 3.8) is 0 Å². The number of halogens is 3. The smallest absolute Gasteiger partial charge is 0.377 e. The molecule has 0 aliphatic carbocycles. The van der Waals surface area contributed by atoms with Crippen LogP contribution >= 0.6 is 11.8 Å². The van der Waals surface area contributed by atoms with Crippen molar-refractivity contribution in [2.75, 3.05) is 12.4 Å². The van der Waals surface area contributed by atoms with Crippen molar-refractivity contribution in [3.8, 4) is 0 Å². The number of carbonyl (C=O) groups excluding carboxylic acids is 1. The molecule has 1 aromatic heterocycles. The molecule has 0 aromatic carbocycles. The van der Waals surface area contributed by atoms with Gasteiger partial charge in [0, 0.05) is 24.3 Å². The molecule has 7 heteroatoms. The Kier molecular flexibility index (Phi) is 5.73. The molecular formula is C16H20F3NO2S. The van der Waals surface area contributed by atoms with Gasteiger partial charge in [-0.3, -0.25) is 9.78 Å². The zero-order chi connectivity index (χ0) is 17.1. The summed E-state index contributed by atoms with van der Waals surface area (Å²) in [4.78, 5) is 16.2. The van der Waals surface area contributed by atoms with Crippen molar-refractivity contribution in [2.45, 2.75) is 50.1 Å². The Bertz CT molecular complexity index is 537. The van der Waals surface area contributed by atoms with Crippen LogP contribution in [-0.2, 0) is 22.1 Å². The summed E-state index contributed by atoms with van der Waals surface area (Å²) >= 11 is 1.53. The van der Waals surface area contributed by atoms with Crippen LogP contribution in [0.2, 0.25) is 0 Å². The van der Waals surface area contributed by atoms with Crippen LogP contribution in [0.5, 0.6) is 0 Å². The summed E-state index contributed by atoms with van der Waals surface area (Å²) < 4.78 is 42.4. The van der Waals surface area contributed by atoms with Crippen molar-refractivity contribution in [1.82, 2.24) is 4.98 Å². The Morgan fingerprint density at radius 1 is 1.39 bits per heavy atom. The summed E-state index contributed by atoms with van der Waals surface area (Å²) in [6.45, 7) is 4.44. The number of ether oxygens (including phenoxy) is 1. The Morgan fingerprint density at radius 2 is 2.13 bits per heavy atom. The summed E-state index contributed by atoms with van der Waals surface area (Å²) in [5.74, 6) is 0.701. The summed E-state index contributed by atoms with van der Waals surface area (Å²) in [7, 11) is 0. The second-order valence-electron chi connectivity index (χ2n) is 6.09. The molecule has 1 fully saturated rings. The predicted molar refractivity (Wildman–Crippen MR) is 83.5 cm³/mol. The number of alkyl halides is 3. The zero-order valence-electron chi connectivity index (χ0n) is 13.2. The molecule has 0 spiro atoms. The van der Waals surface area contributed by atoms with Crippen molar-refractivity contribution in [2.24, 2.45) is 0 Å². The number of pyridine rings is 1. The lowest BCUT2D eigenvalue weighted by Crippen LogP contribution is -2.31. The molecule has 128 valence electrons. The van der Waals surface area contributed by atoms with Crippen LogP contribution in [-0.4, -0.2) is 34.0 Å². The first-order chi connectivity index (χ1) is 10.7. The molecule has 0 amide bonds. The SMILES string of the molecule is CC(C)(SCC1CCCO1)C(=O)Cc1ccc(C(F)(F)F)cn1.